The molecule has 0 saturated carbocycles. The molecule has 3 aromatic rings. The van der Waals surface area contributed by atoms with E-state index in [1.807, 2.05) is 24.3 Å². The molecule has 0 N–H and O–H groups in total. The summed E-state index contributed by atoms with van der Waals surface area (Å²) in [5.74, 6) is 1.68. The van der Waals surface area contributed by atoms with Gasteiger partial charge in [0, 0.05) is 42.9 Å². The number of benzene rings is 1. The van der Waals surface area contributed by atoms with Crippen LogP contribution in [0, 0.1) is 10.1 Å². The van der Waals surface area contributed by atoms with Crippen molar-refractivity contribution in [2.24, 2.45) is 0 Å². The molecule has 4 rings (SSSR count). The van der Waals surface area contributed by atoms with Crippen molar-refractivity contribution in [2.75, 3.05) is 18.0 Å². The zero-order chi connectivity index (χ0) is 17.2. The van der Waals surface area contributed by atoms with Crippen LogP contribution in [0.1, 0.15) is 6.42 Å². The maximum Gasteiger partial charge on any atom is 0.270 e. The number of hydrogen-bond donors (Lipinski definition) is 0. The van der Waals surface area contributed by atoms with Crippen LogP contribution in [0.4, 0.5) is 11.5 Å². The van der Waals surface area contributed by atoms with E-state index >= 15 is 0 Å². The van der Waals surface area contributed by atoms with E-state index in [4.69, 9.17) is 4.74 Å². The van der Waals surface area contributed by atoms with Crippen molar-refractivity contribution in [3.63, 3.8) is 0 Å². The van der Waals surface area contributed by atoms with E-state index in [1.54, 1.807) is 24.5 Å². The lowest BCUT2D eigenvalue weighted by molar-refractivity contribution is -0.384. The van der Waals surface area contributed by atoms with Crippen LogP contribution in [0.3, 0.4) is 0 Å². The van der Waals surface area contributed by atoms with Crippen LogP contribution in [-0.2, 0) is 0 Å². The Kier molecular flexibility index (Phi) is 3.89. The first-order valence-electron chi connectivity index (χ1n) is 8.06. The van der Waals surface area contributed by atoms with Crippen LogP contribution >= 0.6 is 0 Å². The Morgan fingerprint density at radius 2 is 2.00 bits per heavy atom. The number of non-ortho nitro benzene ring substituents is 1. The molecule has 7 heteroatoms. The summed E-state index contributed by atoms with van der Waals surface area (Å²) >= 11 is 0. The second-order valence-electron chi connectivity index (χ2n) is 5.96. The Morgan fingerprint density at radius 1 is 1.16 bits per heavy atom. The van der Waals surface area contributed by atoms with E-state index in [9.17, 15) is 10.1 Å². The standard InChI is InChI=1S/C18H16N4O3/c23-22(24)14-2-3-17-13(11-14)1-4-18(20-17)21-10-7-16(12-21)25-15-5-8-19-9-6-15/h1-6,8-9,11,16H,7,10,12H2/t16-/m1/s1. The van der Waals surface area contributed by atoms with Gasteiger partial charge in [0.05, 0.1) is 17.0 Å². The van der Waals surface area contributed by atoms with Crippen LogP contribution in [-0.4, -0.2) is 34.1 Å². The first-order chi connectivity index (χ1) is 12.2. The second kappa shape index (κ2) is 6.35. The zero-order valence-electron chi connectivity index (χ0n) is 13.4. The fourth-order valence-electron chi connectivity index (χ4n) is 3.03. The molecule has 1 aromatic carbocycles. The van der Waals surface area contributed by atoms with E-state index in [2.05, 4.69) is 14.9 Å². The maximum absolute atomic E-state index is 10.9. The first-order valence-corrected chi connectivity index (χ1v) is 8.06. The molecule has 7 nitrogen and oxygen atoms in total. The fraction of sp³-hybridized carbons (Fsp3) is 0.222. The van der Waals surface area contributed by atoms with Crippen molar-refractivity contribution in [2.45, 2.75) is 12.5 Å². The third-order valence-corrected chi connectivity index (χ3v) is 4.29. The number of nitrogens with zero attached hydrogens (tertiary/aromatic N) is 4. The summed E-state index contributed by atoms with van der Waals surface area (Å²) in [7, 11) is 0. The molecule has 0 radical (unpaired) electrons. The predicted molar refractivity (Wildman–Crippen MR) is 93.9 cm³/mol. The topological polar surface area (TPSA) is 81.4 Å². The molecule has 1 aliphatic heterocycles. The molecule has 1 aliphatic rings. The number of nitro groups is 1. The Morgan fingerprint density at radius 3 is 2.80 bits per heavy atom. The van der Waals surface area contributed by atoms with E-state index in [0.29, 0.717) is 0 Å². The highest BCUT2D eigenvalue weighted by atomic mass is 16.6. The van der Waals surface area contributed by atoms with Crippen LogP contribution in [0.15, 0.2) is 54.9 Å². The molecular weight excluding hydrogens is 320 g/mol. The van der Waals surface area contributed by atoms with Crippen LogP contribution in [0.5, 0.6) is 5.75 Å². The van der Waals surface area contributed by atoms with Crippen LogP contribution < -0.4 is 9.64 Å². The van der Waals surface area contributed by atoms with Gasteiger partial charge in [0.25, 0.3) is 5.69 Å². The molecule has 25 heavy (non-hydrogen) atoms. The van der Waals surface area contributed by atoms with E-state index < -0.39 is 4.92 Å². The quantitative estimate of drug-likeness (QED) is 0.537. The summed E-state index contributed by atoms with van der Waals surface area (Å²) in [5, 5.41) is 11.6. The van der Waals surface area contributed by atoms with Crippen LogP contribution in [0.2, 0.25) is 0 Å². The number of hydrogen-bond acceptors (Lipinski definition) is 6. The third kappa shape index (κ3) is 3.21. The van der Waals surface area contributed by atoms with Crippen molar-refractivity contribution in [3.05, 3.63) is 65.0 Å². The largest absolute Gasteiger partial charge is 0.488 e. The Bertz CT molecular complexity index is 917. The van der Waals surface area contributed by atoms with E-state index in [-0.39, 0.29) is 11.8 Å². The Hall–Kier alpha value is -3.22. The molecule has 0 bridgehead atoms. The number of rotatable bonds is 4. The van der Waals surface area contributed by atoms with Crippen molar-refractivity contribution >= 4 is 22.4 Å². The molecule has 1 atom stereocenters. The van der Waals surface area contributed by atoms with Crippen molar-refractivity contribution in [1.29, 1.82) is 0 Å². The highest BCUT2D eigenvalue weighted by Crippen LogP contribution is 2.26. The highest BCUT2D eigenvalue weighted by Gasteiger charge is 2.25. The highest BCUT2D eigenvalue weighted by molar-refractivity contribution is 5.82. The van der Waals surface area contributed by atoms with Crippen LogP contribution in [0.25, 0.3) is 10.9 Å². The summed E-state index contributed by atoms with van der Waals surface area (Å²) in [6, 6.07) is 12.2. The van der Waals surface area contributed by atoms with Gasteiger partial charge in [-0.05, 0) is 30.3 Å². The van der Waals surface area contributed by atoms with Gasteiger partial charge in [0.15, 0.2) is 0 Å². The smallest absolute Gasteiger partial charge is 0.270 e. The van der Waals surface area contributed by atoms with Gasteiger partial charge in [-0.25, -0.2) is 4.98 Å². The minimum atomic E-state index is -0.394. The number of anilines is 1. The first kappa shape index (κ1) is 15.3. The lowest BCUT2D eigenvalue weighted by atomic mass is 10.2. The average Bonchev–Trinajstić information content (AvgIpc) is 3.10. The monoisotopic (exact) mass is 336 g/mol. The molecule has 3 heterocycles. The minimum absolute atomic E-state index is 0.0778. The summed E-state index contributed by atoms with van der Waals surface area (Å²) in [6.45, 7) is 1.62. The number of pyridine rings is 2. The fourth-order valence-corrected chi connectivity index (χ4v) is 3.03. The number of ether oxygens (including phenoxy) is 1. The van der Waals surface area contributed by atoms with E-state index in [1.165, 1.54) is 6.07 Å². The second-order valence-corrected chi connectivity index (χ2v) is 5.96. The molecule has 0 spiro atoms. The molecule has 1 saturated heterocycles. The van der Waals surface area contributed by atoms with Gasteiger partial charge in [-0.15, -0.1) is 0 Å². The molecule has 0 aliphatic carbocycles. The van der Waals surface area contributed by atoms with Crippen molar-refractivity contribution < 1.29 is 9.66 Å². The lowest BCUT2D eigenvalue weighted by Gasteiger charge is -2.18. The maximum atomic E-state index is 10.9. The Labute approximate surface area is 144 Å². The van der Waals surface area contributed by atoms with Crippen molar-refractivity contribution in [1.82, 2.24) is 9.97 Å². The van der Waals surface area contributed by atoms with Gasteiger partial charge in [0.2, 0.25) is 0 Å². The van der Waals surface area contributed by atoms with Gasteiger partial charge in [-0.3, -0.25) is 15.1 Å². The molecule has 1 fully saturated rings. The van der Waals surface area contributed by atoms with Gasteiger partial charge in [-0.1, -0.05) is 0 Å². The summed E-state index contributed by atoms with van der Waals surface area (Å²) in [4.78, 5) is 21.3. The molecular formula is C18H16N4O3. The van der Waals surface area contributed by atoms with Gasteiger partial charge < -0.3 is 9.64 Å². The number of nitro benzene ring substituents is 1. The molecule has 0 amide bonds. The molecule has 2 aromatic heterocycles. The summed E-state index contributed by atoms with van der Waals surface area (Å²) in [5.41, 5.74) is 0.829. The Balaban J connectivity index is 1.50. The van der Waals surface area contributed by atoms with Gasteiger partial charge >= 0.3 is 0 Å². The SMILES string of the molecule is O=[N+]([O-])c1ccc2nc(N3CC[C@@H](Oc4ccncc4)C3)ccc2c1. The van der Waals surface area contributed by atoms with E-state index in [0.717, 1.165) is 42.0 Å². The minimum Gasteiger partial charge on any atom is -0.488 e. The number of aromatic nitrogens is 2. The zero-order valence-corrected chi connectivity index (χ0v) is 13.4. The average molecular weight is 336 g/mol. The summed E-state index contributed by atoms with van der Waals surface area (Å²) < 4.78 is 5.97. The molecule has 0 unspecified atom stereocenters. The summed E-state index contributed by atoms with van der Waals surface area (Å²) in [6.07, 6.45) is 4.46. The normalized spacial score (nSPS) is 17.0. The third-order valence-electron chi connectivity index (χ3n) is 4.29. The molecule has 126 valence electrons. The van der Waals surface area contributed by atoms with Crippen molar-refractivity contribution in [3.8, 4) is 5.75 Å². The predicted octanol–water partition coefficient (Wildman–Crippen LogP) is 3.20. The number of fused-ring (bicyclic) bond motifs is 1. The lowest BCUT2D eigenvalue weighted by Crippen LogP contribution is -2.25. The van der Waals surface area contributed by atoms with Gasteiger partial charge in [-0.2, -0.15) is 0 Å². The van der Waals surface area contributed by atoms with Gasteiger partial charge in [0.1, 0.15) is 17.7 Å².